The third-order valence-electron chi connectivity index (χ3n) is 2.96. The van der Waals surface area contributed by atoms with Crippen LogP contribution in [0.25, 0.3) is 17.2 Å². The molecule has 1 saturated carbocycles. The maximum Gasteiger partial charge on any atom is 0.150 e. The Morgan fingerprint density at radius 3 is 3.12 bits per heavy atom. The molecule has 0 amide bonds. The highest BCUT2D eigenvalue weighted by atomic mass is 79.9. The van der Waals surface area contributed by atoms with E-state index in [1.54, 1.807) is 0 Å². The number of rotatable bonds is 2. The Balaban J connectivity index is 2.13. The minimum atomic E-state index is 0.212. The summed E-state index contributed by atoms with van der Waals surface area (Å²) in [4.78, 5) is 8.20. The van der Waals surface area contributed by atoms with Crippen LogP contribution < -0.4 is 5.73 Å². The van der Waals surface area contributed by atoms with E-state index in [1.165, 1.54) is 11.9 Å². The number of aliphatic hydroxyl groups excluding tert-OH is 1. The molecular weight excluding hydrogens is 284 g/mol. The highest BCUT2D eigenvalue weighted by Crippen LogP contribution is 2.38. The molecule has 2 aromatic rings. The van der Waals surface area contributed by atoms with Gasteiger partial charge in [-0.2, -0.15) is 0 Å². The molecule has 1 unspecified atom stereocenters. The molecule has 1 atom stereocenters. The maximum atomic E-state index is 9.01. The Labute approximate surface area is 106 Å². The molecule has 3 N–H and O–H groups in total. The van der Waals surface area contributed by atoms with Gasteiger partial charge in [0.05, 0.1) is 5.39 Å². The lowest BCUT2D eigenvalue weighted by Crippen LogP contribution is -1.94. The first-order valence-electron chi connectivity index (χ1n) is 5.28. The predicted molar refractivity (Wildman–Crippen MR) is 69.1 cm³/mol. The summed E-state index contributed by atoms with van der Waals surface area (Å²) in [6.45, 7) is 0.212. The van der Waals surface area contributed by atoms with Gasteiger partial charge in [-0.15, -0.1) is 0 Å². The second kappa shape index (κ2) is 3.82. The minimum Gasteiger partial charge on any atom is -0.396 e. The largest absolute Gasteiger partial charge is 0.396 e. The van der Waals surface area contributed by atoms with Crippen LogP contribution in [0.3, 0.4) is 0 Å². The van der Waals surface area contributed by atoms with Gasteiger partial charge in [-0.25, -0.2) is 9.97 Å². The average molecular weight is 295 g/mol. The first kappa shape index (κ1) is 10.7. The lowest BCUT2D eigenvalue weighted by Gasteiger charge is -1.97. The smallest absolute Gasteiger partial charge is 0.150 e. The van der Waals surface area contributed by atoms with Crippen molar-refractivity contribution >= 4 is 39.0 Å². The van der Waals surface area contributed by atoms with Crippen molar-refractivity contribution in [1.29, 1.82) is 0 Å². The maximum absolute atomic E-state index is 9.01. The van der Waals surface area contributed by atoms with Gasteiger partial charge in [-0.3, -0.25) is 0 Å². The normalized spacial score (nSPS) is 21.3. The summed E-state index contributed by atoms with van der Waals surface area (Å²) in [5.74, 6) is 0.777. The van der Waals surface area contributed by atoms with Crippen molar-refractivity contribution in [3.05, 3.63) is 22.6 Å². The van der Waals surface area contributed by atoms with E-state index in [0.29, 0.717) is 11.7 Å². The van der Waals surface area contributed by atoms with Gasteiger partial charge in [0.25, 0.3) is 0 Å². The van der Waals surface area contributed by atoms with E-state index in [0.717, 1.165) is 21.9 Å². The number of nitrogen functional groups attached to an aromatic ring is 1. The van der Waals surface area contributed by atoms with Crippen LogP contribution in [0.1, 0.15) is 6.42 Å². The number of anilines is 1. The molecule has 6 heteroatoms. The summed E-state index contributed by atoms with van der Waals surface area (Å²) in [7, 11) is 0. The topological polar surface area (TPSA) is 77.0 Å². The molecule has 0 saturated heterocycles. The summed E-state index contributed by atoms with van der Waals surface area (Å²) < 4.78 is 2.80. The molecule has 1 aliphatic carbocycles. The summed E-state index contributed by atoms with van der Waals surface area (Å²) in [6.07, 6.45) is 6.32. The van der Waals surface area contributed by atoms with E-state index >= 15 is 0 Å². The van der Waals surface area contributed by atoms with E-state index in [9.17, 15) is 0 Å². The van der Waals surface area contributed by atoms with Crippen LogP contribution in [-0.4, -0.2) is 26.2 Å². The van der Waals surface area contributed by atoms with E-state index in [-0.39, 0.29) is 6.61 Å². The van der Waals surface area contributed by atoms with Gasteiger partial charge in [-0.05, 0) is 27.9 Å². The predicted octanol–water partition coefficient (Wildman–Crippen LogP) is 1.63. The number of halogens is 1. The number of aromatic nitrogens is 3. The lowest BCUT2D eigenvalue weighted by molar-refractivity contribution is 0.281. The standard InChI is InChI=1S/C11H11BrN4O/c12-8-3-16(2-6-1-7(6)4-17)11-9(8)10(13)14-5-15-11/h2-3,5,7,17H,1,4H2,(H2,13,14,15). The Morgan fingerprint density at radius 2 is 2.41 bits per heavy atom. The summed E-state index contributed by atoms with van der Waals surface area (Å²) in [5, 5.41) is 9.84. The van der Waals surface area contributed by atoms with Crippen LogP contribution in [0.2, 0.25) is 0 Å². The summed E-state index contributed by atoms with van der Waals surface area (Å²) in [6, 6.07) is 0. The molecule has 0 aromatic carbocycles. The zero-order valence-electron chi connectivity index (χ0n) is 8.97. The number of hydrogen-bond acceptors (Lipinski definition) is 4. The molecule has 17 heavy (non-hydrogen) atoms. The van der Waals surface area contributed by atoms with Gasteiger partial charge in [0.15, 0.2) is 5.65 Å². The zero-order chi connectivity index (χ0) is 12.0. The van der Waals surface area contributed by atoms with Gasteiger partial charge < -0.3 is 15.4 Å². The highest BCUT2D eigenvalue weighted by molar-refractivity contribution is 9.10. The molecular formula is C11H11BrN4O. The van der Waals surface area contributed by atoms with Crippen LogP contribution in [0.15, 0.2) is 22.6 Å². The molecule has 0 aliphatic heterocycles. The van der Waals surface area contributed by atoms with E-state index in [4.69, 9.17) is 10.8 Å². The molecule has 1 fully saturated rings. The molecule has 2 aromatic heterocycles. The molecule has 0 spiro atoms. The number of aliphatic hydroxyl groups is 1. The second-order valence-electron chi connectivity index (χ2n) is 4.13. The second-order valence-corrected chi connectivity index (χ2v) is 4.98. The Bertz CT molecular complexity index is 619. The zero-order valence-corrected chi connectivity index (χ0v) is 10.6. The average Bonchev–Trinajstić information content (AvgIpc) is 2.98. The molecule has 0 radical (unpaired) electrons. The van der Waals surface area contributed by atoms with Crippen molar-refractivity contribution < 1.29 is 5.11 Å². The SMILES string of the molecule is Nc1ncnc2c1c(Br)cn2C=C1CC1CO. The fourth-order valence-electron chi connectivity index (χ4n) is 1.90. The summed E-state index contributed by atoms with van der Waals surface area (Å²) in [5.41, 5.74) is 7.82. The fourth-order valence-corrected chi connectivity index (χ4v) is 2.51. The quantitative estimate of drug-likeness (QED) is 0.882. The van der Waals surface area contributed by atoms with E-state index in [1.807, 2.05) is 17.0 Å². The fraction of sp³-hybridized carbons (Fsp3) is 0.273. The third-order valence-corrected chi connectivity index (χ3v) is 3.57. The first-order chi connectivity index (χ1) is 8.20. The van der Waals surface area contributed by atoms with Crippen molar-refractivity contribution in [2.24, 2.45) is 5.92 Å². The van der Waals surface area contributed by atoms with Gasteiger partial charge in [0.2, 0.25) is 0 Å². The molecule has 88 valence electrons. The van der Waals surface area contributed by atoms with Gasteiger partial charge in [0.1, 0.15) is 12.1 Å². The Morgan fingerprint density at radius 1 is 1.59 bits per heavy atom. The molecule has 5 nitrogen and oxygen atoms in total. The highest BCUT2D eigenvalue weighted by Gasteiger charge is 2.29. The van der Waals surface area contributed by atoms with Gasteiger partial charge in [0, 0.05) is 29.4 Å². The Hall–Kier alpha value is -1.40. The van der Waals surface area contributed by atoms with Crippen molar-refractivity contribution in [2.75, 3.05) is 12.3 Å². The lowest BCUT2D eigenvalue weighted by atomic mass is 10.4. The molecule has 3 rings (SSSR count). The molecule has 0 bridgehead atoms. The number of nitrogens with zero attached hydrogens (tertiary/aromatic N) is 3. The van der Waals surface area contributed by atoms with E-state index < -0.39 is 0 Å². The first-order valence-corrected chi connectivity index (χ1v) is 6.08. The van der Waals surface area contributed by atoms with E-state index in [2.05, 4.69) is 25.9 Å². The van der Waals surface area contributed by atoms with Crippen LogP contribution in [0, 0.1) is 5.92 Å². The third kappa shape index (κ3) is 1.73. The van der Waals surface area contributed by atoms with Crippen LogP contribution >= 0.6 is 15.9 Å². The van der Waals surface area contributed by atoms with Crippen molar-refractivity contribution in [3.63, 3.8) is 0 Å². The monoisotopic (exact) mass is 294 g/mol. The summed E-state index contributed by atoms with van der Waals surface area (Å²) >= 11 is 3.45. The number of fused-ring (bicyclic) bond motifs is 1. The minimum absolute atomic E-state index is 0.212. The Kier molecular flexibility index (Phi) is 2.41. The number of nitrogens with two attached hydrogens (primary N) is 1. The van der Waals surface area contributed by atoms with Crippen LogP contribution in [0.4, 0.5) is 5.82 Å². The van der Waals surface area contributed by atoms with Gasteiger partial charge >= 0.3 is 0 Å². The number of hydrogen-bond donors (Lipinski definition) is 2. The van der Waals surface area contributed by atoms with Gasteiger partial charge in [-0.1, -0.05) is 0 Å². The molecule has 1 aliphatic rings. The van der Waals surface area contributed by atoms with Crippen molar-refractivity contribution in [1.82, 2.24) is 14.5 Å². The van der Waals surface area contributed by atoms with Crippen LogP contribution in [-0.2, 0) is 0 Å². The van der Waals surface area contributed by atoms with Crippen molar-refractivity contribution in [3.8, 4) is 0 Å². The van der Waals surface area contributed by atoms with Crippen LogP contribution in [0.5, 0.6) is 0 Å². The van der Waals surface area contributed by atoms with Crippen molar-refractivity contribution in [2.45, 2.75) is 6.42 Å². The molecule has 2 heterocycles.